The molecular formula is C59H76N15O26P. The predicted octanol–water partition coefficient (Wildman–Crippen LogP) is -2.48. The molecule has 0 saturated carbocycles. The Morgan fingerprint density at radius 1 is 0.644 bits per heavy atom. The quantitative estimate of drug-likeness (QED) is 0.00319. The molecule has 19 N–H and O–H groups in total. The molecule has 0 saturated heterocycles. The molecule has 548 valence electrons. The Labute approximate surface area is 571 Å². The number of carboxylic acids is 2. The average molecular weight is 1440 g/mol. The zero-order chi connectivity index (χ0) is 75.4. The van der Waals surface area contributed by atoms with E-state index in [-0.39, 0.29) is 79.3 Å². The lowest BCUT2D eigenvalue weighted by Crippen LogP contribution is -2.59. The Kier molecular flexibility index (Phi) is 31.4. The SMILES string of the molecule is COc1ccc2c(CC(=O)NCC(=O)N[C@@H](CC(=O)O)C(=O)N[C@@H](C)C(=O)N[C@@H](CCC(=O)O)C(=O)N[C@@H](Cc3ccc(OP(=O)(O)O)cc3)C(=O)N[C@@H](C)C(=O)N[C@@H](C)C(=O)N[C@@H](CCCCNc3ccc([N+](=O)[O-])cc3[N+](=O)[O-])C(=O)O[C@@H](CCCN=C(N)N)C(N)=O)cc(=O)oc2c1. The van der Waals surface area contributed by atoms with Crippen LogP contribution in [0.2, 0.25) is 0 Å². The number of aliphatic carboxylic acids is 2. The summed E-state index contributed by atoms with van der Waals surface area (Å²) in [4.78, 5) is 215. The van der Waals surface area contributed by atoms with E-state index in [1.54, 1.807) is 6.07 Å². The number of nitrogens with one attached hydrogen (secondary N) is 9. The van der Waals surface area contributed by atoms with E-state index >= 15 is 0 Å². The molecule has 9 amide bonds. The number of phosphoric acid groups is 1. The third kappa shape index (κ3) is 28.2. The fraction of sp³-hybridized carbons (Fsp3) is 0.424. The van der Waals surface area contributed by atoms with Gasteiger partial charge in [-0.3, -0.25) is 87.7 Å². The fourth-order valence-electron chi connectivity index (χ4n) is 9.21. The molecule has 3 aromatic carbocycles. The summed E-state index contributed by atoms with van der Waals surface area (Å²) in [6.45, 7) is 2.53. The van der Waals surface area contributed by atoms with E-state index in [1.165, 1.54) is 31.4 Å². The number of phosphoric ester groups is 1. The van der Waals surface area contributed by atoms with Crippen LogP contribution in [-0.4, -0.2) is 182 Å². The zero-order valence-electron chi connectivity index (χ0n) is 54.5. The lowest BCUT2D eigenvalue weighted by Gasteiger charge is -2.26. The maximum Gasteiger partial charge on any atom is 0.524 e. The Balaban J connectivity index is 1.49. The van der Waals surface area contributed by atoms with Gasteiger partial charge in [0.1, 0.15) is 65.1 Å². The molecule has 1 aromatic heterocycles. The smallest absolute Gasteiger partial charge is 0.497 e. The van der Waals surface area contributed by atoms with Gasteiger partial charge in [-0.25, -0.2) is 14.2 Å². The van der Waals surface area contributed by atoms with Crippen molar-refractivity contribution >= 4 is 113 Å². The van der Waals surface area contributed by atoms with Crippen LogP contribution in [0.5, 0.6) is 11.5 Å². The van der Waals surface area contributed by atoms with E-state index in [2.05, 4.69) is 57.4 Å². The van der Waals surface area contributed by atoms with Crippen molar-refractivity contribution in [2.75, 3.05) is 32.1 Å². The third-order valence-electron chi connectivity index (χ3n) is 14.3. The summed E-state index contributed by atoms with van der Waals surface area (Å²) in [6, 6.07) is 1.08. The molecule has 0 aliphatic rings. The van der Waals surface area contributed by atoms with Crippen molar-refractivity contribution in [1.29, 1.82) is 0 Å². The summed E-state index contributed by atoms with van der Waals surface area (Å²) in [5, 5.41) is 63.5. The number of carbonyl (C=O) groups is 12. The highest BCUT2D eigenvalue weighted by Crippen LogP contribution is 2.37. The van der Waals surface area contributed by atoms with Gasteiger partial charge in [-0.15, -0.1) is 0 Å². The monoisotopic (exact) mass is 1440 g/mol. The van der Waals surface area contributed by atoms with Gasteiger partial charge < -0.3 is 93.7 Å². The molecule has 0 unspecified atom stereocenters. The Morgan fingerprint density at radius 3 is 1.80 bits per heavy atom. The van der Waals surface area contributed by atoms with Gasteiger partial charge in [-0.05, 0) is 101 Å². The summed E-state index contributed by atoms with van der Waals surface area (Å²) in [5.74, 6) is -14.5. The summed E-state index contributed by atoms with van der Waals surface area (Å²) in [6.07, 6.45) is -5.21. The number of carboxylic acid groups (broad SMARTS) is 2. The number of methoxy groups -OCH3 is 1. The number of guanidine groups is 1. The van der Waals surface area contributed by atoms with Crippen LogP contribution in [0.1, 0.15) is 83.3 Å². The van der Waals surface area contributed by atoms with E-state index in [9.17, 15) is 107 Å². The van der Waals surface area contributed by atoms with Gasteiger partial charge >= 0.3 is 31.4 Å². The summed E-state index contributed by atoms with van der Waals surface area (Å²) in [5.41, 5.74) is 14.6. The number of benzene rings is 3. The summed E-state index contributed by atoms with van der Waals surface area (Å²) < 4.78 is 31.8. The first-order valence-corrected chi connectivity index (χ1v) is 32.0. The number of anilines is 1. The number of hydrogen-bond donors (Lipinski definition) is 16. The van der Waals surface area contributed by atoms with Crippen LogP contribution in [0.15, 0.2) is 80.9 Å². The molecular weight excluding hydrogens is 1370 g/mol. The highest BCUT2D eigenvalue weighted by Gasteiger charge is 2.35. The first-order chi connectivity index (χ1) is 47.4. The molecule has 0 spiro atoms. The number of nitro groups is 2. The normalized spacial score (nSPS) is 13.4. The van der Waals surface area contributed by atoms with E-state index in [0.717, 1.165) is 57.2 Å². The molecule has 0 fully saturated rings. The number of amides is 9. The van der Waals surface area contributed by atoms with Crippen LogP contribution in [0, 0.1) is 20.2 Å². The van der Waals surface area contributed by atoms with Crippen LogP contribution in [-0.2, 0) is 79.7 Å². The van der Waals surface area contributed by atoms with Gasteiger partial charge in [-0.1, -0.05) is 12.1 Å². The van der Waals surface area contributed by atoms with E-state index in [1.807, 2.05) is 0 Å². The second kappa shape index (κ2) is 38.9. The number of carbonyl (C=O) groups excluding carboxylic acids is 10. The van der Waals surface area contributed by atoms with Crippen LogP contribution in [0.25, 0.3) is 11.0 Å². The second-order valence-electron chi connectivity index (χ2n) is 22.3. The van der Waals surface area contributed by atoms with Crippen LogP contribution < -0.4 is 79.9 Å². The maximum absolute atomic E-state index is 14.2. The summed E-state index contributed by atoms with van der Waals surface area (Å²) >= 11 is 0. The predicted molar refractivity (Wildman–Crippen MR) is 349 cm³/mol. The Bertz CT molecular complexity index is 3880. The minimum absolute atomic E-state index is 0.00250. The lowest BCUT2D eigenvalue weighted by molar-refractivity contribution is -0.393. The number of fused-ring (bicyclic) bond motifs is 1. The van der Waals surface area contributed by atoms with Crippen molar-refractivity contribution in [2.45, 2.75) is 133 Å². The van der Waals surface area contributed by atoms with Gasteiger partial charge in [0, 0.05) is 49.5 Å². The number of ether oxygens (including phenoxy) is 2. The number of esters is 1. The van der Waals surface area contributed by atoms with Crippen molar-refractivity contribution in [1.82, 2.24) is 42.5 Å². The highest BCUT2D eigenvalue weighted by molar-refractivity contribution is 7.46. The van der Waals surface area contributed by atoms with Crippen LogP contribution >= 0.6 is 7.82 Å². The molecule has 0 aliphatic heterocycles. The van der Waals surface area contributed by atoms with Gasteiger partial charge in [0.05, 0.1) is 42.4 Å². The van der Waals surface area contributed by atoms with Gasteiger partial charge in [-0.2, -0.15) is 0 Å². The van der Waals surface area contributed by atoms with Crippen molar-refractivity contribution in [3.8, 4) is 11.5 Å². The zero-order valence-corrected chi connectivity index (χ0v) is 55.3. The Morgan fingerprint density at radius 2 is 1.23 bits per heavy atom. The number of hydrogen-bond acceptors (Lipinski definition) is 24. The molecule has 101 heavy (non-hydrogen) atoms. The maximum atomic E-state index is 14.2. The van der Waals surface area contributed by atoms with Crippen molar-refractivity contribution in [3.05, 3.63) is 109 Å². The molecule has 1 heterocycles. The van der Waals surface area contributed by atoms with Gasteiger partial charge in [0.25, 0.3) is 17.3 Å². The minimum Gasteiger partial charge on any atom is -0.497 e. The van der Waals surface area contributed by atoms with E-state index in [0.29, 0.717) is 11.1 Å². The number of non-ortho nitro benzene ring substituents is 1. The molecule has 0 aliphatic carbocycles. The first-order valence-electron chi connectivity index (χ1n) is 30.4. The average Bonchev–Trinajstić information content (AvgIpc) is 0.809. The van der Waals surface area contributed by atoms with Crippen LogP contribution in [0.4, 0.5) is 17.1 Å². The topological polar surface area (TPSA) is 646 Å². The molecule has 42 heteroatoms. The number of nitro benzene ring substituents is 2. The summed E-state index contributed by atoms with van der Waals surface area (Å²) in [7, 11) is -3.69. The second-order valence-corrected chi connectivity index (χ2v) is 23.4. The molecule has 4 rings (SSSR count). The van der Waals surface area contributed by atoms with E-state index in [4.69, 9.17) is 31.1 Å². The van der Waals surface area contributed by atoms with Crippen molar-refractivity contribution in [3.63, 3.8) is 0 Å². The first kappa shape index (κ1) is 81.6. The largest absolute Gasteiger partial charge is 0.524 e. The molecule has 41 nitrogen and oxygen atoms in total. The van der Waals surface area contributed by atoms with Crippen molar-refractivity contribution < 1.29 is 110 Å². The third-order valence-corrected chi connectivity index (χ3v) is 14.8. The number of unbranched alkanes of at least 4 members (excludes halogenated alkanes) is 1. The molecule has 0 bridgehead atoms. The van der Waals surface area contributed by atoms with E-state index < -0.39 is 193 Å². The Hall–Kier alpha value is -11.9. The standard InChI is InChI=1S/C59H76N15O26P/c1-29(52(83)66-30(2)54(85)71-40(58(89)99-44(51(60)82)9-7-21-64-59(61)62)8-5-6-20-63-38-17-12-34(73(90)91)25-43(38)74(92)93)67-56(87)41(22-32-10-13-35(14-11-32)100-101(94,95)96)72-55(86)39(18-19-48(77)78)70-53(84)31(3)68-57(88)42(27-49(79)80)69-47(76)28-65-46(75)23-33-24-50(81)98-45-26-36(97-4)15-16-37(33)45/h10-17,24-26,29-31,39-42,44,63H,5-9,18-23,27-28H2,1-4H3,(H2,60,82)(H,65,75)(H,66,83)(H,67,87)(H,68,88)(H,69,76)(H,70,84)(H,71,85)(H,72,86)(H,77,78)(H,79,80)(H4,61,62,64)(H2,94,95,96)/t29-,30-,31-,39-,40-,41-,42-,44-/m0/s1. The number of nitrogens with two attached hydrogens (primary N) is 3. The number of rotatable bonds is 42. The van der Waals surface area contributed by atoms with Crippen molar-refractivity contribution in [2.24, 2.45) is 22.2 Å². The van der Waals surface area contributed by atoms with Gasteiger partial charge in [0.2, 0.25) is 47.3 Å². The molecule has 0 radical (unpaired) electrons. The number of aliphatic imine (C=N–C) groups is 1. The highest BCUT2D eigenvalue weighted by atomic mass is 31.2. The van der Waals surface area contributed by atoms with Gasteiger partial charge in [0.15, 0.2) is 12.1 Å². The number of nitrogens with zero attached hydrogens (tertiary/aromatic N) is 3. The fourth-order valence-corrected chi connectivity index (χ4v) is 9.60. The van der Waals surface area contributed by atoms with Crippen LogP contribution in [0.3, 0.4) is 0 Å². The molecule has 4 aromatic rings. The lowest BCUT2D eigenvalue weighted by atomic mass is 10.0. The molecule has 8 atom stereocenters. The number of primary amides is 1. The minimum atomic E-state index is -5.07.